The molecular weight excluding hydrogens is 417 g/mol. The zero-order chi connectivity index (χ0) is 18.8. The first kappa shape index (κ1) is 19.3. The molecule has 134 valence electrons. The Balaban J connectivity index is 2.12. The summed E-state index contributed by atoms with van der Waals surface area (Å²) < 4.78 is 0. The van der Waals surface area contributed by atoms with E-state index in [9.17, 15) is 9.59 Å². The topological polar surface area (TPSA) is 57.6 Å². The molecule has 1 heterocycles. The largest absolute Gasteiger partial charge is 0.396 e. The van der Waals surface area contributed by atoms with E-state index in [1.807, 2.05) is 0 Å². The zero-order valence-electron chi connectivity index (χ0n) is 13.2. The third-order valence-electron chi connectivity index (χ3n) is 3.65. The quantitative estimate of drug-likeness (QED) is 0.704. The highest BCUT2D eigenvalue weighted by molar-refractivity contribution is 8.04. The van der Waals surface area contributed by atoms with Crippen molar-refractivity contribution in [2.24, 2.45) is 0 Å². The van der Waals surface area contributed by atoms with Crippen LogP contribution in [0, 0.1) is 0 Å². The molecule has 0 aromatic heterocycles. The number of hydrogen-bond donors (Lipinski definition) is 1. The third kappa shape index (κ3) is 3.63. The number of aliphatic hydroxyl groups is 1. The molecule has 0 aliphatic carbocycles. The van der Waals surface area contributed by atoms with E-state index in [1.165, 1.54) is 12.1 Å². The van der Waals surface area contributed by atoms with Gasteiger partial charge in [0.2, 0.25) is 0 Å². The Labute approximate surface area is 169 Å². The van der Waals surface area contributed by atoms with Gasteiger partial charge in [-0.2, -0.15) is 0 Å². The Morgan fingerprint density at radius 1 is 0.962 bits per heavy atom. The highest BCUT2D eigenvalue weighted by Gasteiger charge is 2.40. The van der Waals surface area contributed by atoms with Crippen LogP contribution < -0.4 is 4.90 Å². The van der Waals surface area contributed by atoms with Crippen molar-refractivity contribution in [2.75, 3.05) is 17.3 Å². The first-order valence-electron chi connectivity index (χ1n) is 7.51. The molecule has 0 unspecified atom stereocenters. The number of benzene rings is 2. The van der Waals surface area contributed by atoms with E-state index in [0.29, 0.717) is 21.3 Å². The van der Waals surface area contributed by atoms with Gasteiger partial charge in [-0.1, -0.05) is 46.9 Å². The van der Waals surface area contributed by atoms with E-state index in [2.05, 4.69) is 0 Å². The van der Waals surface area contributed by atoms with Gasteiger partial charge >= 0.3 is 0 Å². The van der Waals surface area contributed by atoms with Crippen LogP contribution in [0.1, 0.15) is 5.56 Å². The lowest BCUT2D eigenvalue weighted by Gasteiger charge is -2.15. The minimum atomic E-state index is -0.498. The summed E-state index contributed by atoms with van der Waals surface area (Å²) in [7, 11) is 0. The average molecular weight is 429 g/mol. The van der Waals surface area contributed by atoms with Gasteiger partial charge in [-0.15, -0.1) is 11.8 Å². The molecule has 2 aromatic rings. The summed E-state index contributed by atoms with van der Waals surface area (Å²) in [6.07, 6.45) is 0. The summed E-state index contributed by atoms with van der Waals surface area (Å²) >= 11 is 19.3. The van der Waals surface area contributed by atoms with Crippen LogP contribution in [-0.2, 0) is 9.59 Å². The number of amides is 2. The second kappa shape index (κ2) is 8.03. The molecule has 2 aromatic carbocycles. The fourth-order valence-electron chi connectivity index (χ4n) is 2.57. The standard InChI is InChI=1S/C18H12Cl3NO3S/c19-10-2-1-3-12(8-10)22-17(24)15(16(18(22)25)26-7-6-23)13-5-4-11(20)9-14(13)21/h1-5,8-9,23H,6-7H2. The maximum absolute atomic E-state index is 13.1. The number of anilines is 1. The van der Waals surface area contributed by atoms with Crippen LogP contribution in [0.2, 0.25) is 15.1 Å². The van der Waals surface area contributed by atoms with Crippen LogP contribution in [0.3, 0.4) is 0 Å². The van der Waals surface area contributed by atoms with Crippen molar-refractivity contribution in [3.8, 4) is 0 Å². The minimum absolute atomic E-state index is 0.131. The van der Waals surface area contributed by atoms with Crippen LogP contribution in [0.5, 0.6) is 0 Å². The van der Waals surface area contributed by atoms with E-state index in [4.69, 9.17) is 39.9 Å². The highest BCUT2D eigenvalue weighted by Crippen LogP contribution is 2.41. The lowest BCUT2D eigenvalue weighted by molar-refractivity contribution is -0.119. The lowest BCUT2D eigenvalue weighted by Crippen LogP contribution is -2.31. The predicted octanol–water partition coefficient (Wildman–Crippen LogP) is 4.66. The molecule has 1 N–H and O–H groups in total. The van der Waals surface area contributed by atoms with Gasteiger partial charge < -0.3 is 5.11 Å². The average Bonchev–Trinajstić information content (AvgIpc) is 2.83. The number of hydrogen-bond acceptors (Lipinski definition) is 4. The van der Waals surface area contributed by atoms with Gasteiger partial charge in [0, 0.05) is 21.4 Å². The Hall–Kier alpha value is -1.50. The fourth-order valence-corrected chi connectivity index (χ4v) is 4.11. The molecule has 1 aliphatic rings. The molecule has 2 amide bonds. The van der Waals surface area contributed by atoms with Crippen molar-refractivity contribution in [1.82, 2.24) is 0 Å². The van der Waals surface area contributed by atoms with Gasteiger partial charge in [0.1, 0.15) is 0 Å². The van der Waals surface area contributed by atoms with Crippen molar-refractivity contribution in [2.45, 2.75) is 0 Å². The number of nitrogens with zero attached hydrogens (tertiary/aromatic N) is 1. The monoisotopic (exact) mass is 427 g/mol. The van der Waals surface area contributed by atoms with E-state index >= 15 is 0 Å². The number of carbonyl (C=O) groups is 2. The number of halogens is 3. The number of thioether (sulfide) groups is 1. The maximum Gasteiger partial charge on any atom is 0.272 e. The molecule has 0 spiro atoms. The van der Waals surface area contributed by atoms with E-state index in [1.54, 1.807) is 30.3 Å². The Morgan fingerprint density at radius 3 is 2.35 bits per heavy atom. The Kier molecular flexibility index (Phi) is 5.95. The first-order chi connectivity index (χ1) is 12.4. The summed E-state index contributed by atoms with van der Waals surface area (Å²) in [6.45, 7) is -0.131. The highest BCUT2D eigenvalue weighted by atomic mass is 35.5. The van der Waals surface area contributed by atoms with Gasteiger partial charge in [0.15, 0.2) is 0 Å². The van der Waals surface area contributed by atoms with Crippen LogP contribution in [0.4, 0.5) is 5.69 Å². The Morgan fingerprint density at radius 2 is 1.69 bits per heavy atom. The smallest absolute Gasteiger partial charge is 0.272 e. The normalized spacial score (nSPS) is 14.5. The van der Waals surface area contributed by atoms with E-state index in [0.717, 1.165) is 16.7 Å². The van der Waals surface area contributed by atoms with E-state index < -0.39 is 11.8 Å². The van der Waals surface area contributed by atoms with Crippen molar-refractivity contribution < 1.29 is 14.7 Å². The Bertz CT molecular complexity index is 930. The predicted molar refractivity (Wildman–Crippen MR) is 107 cm³/mol. The summed E-state index contributed by atoms with van der Waals surface area (Å²) in [5.41, 5.74) is 0.976. The third-order valence-corrected chi connectivity index (χ3v) is 5.48. The lowest BCUT2D eigenvalue weighted by atomic mass is 10.1. The molecule has 0 radical (unpaired) electrons. The van der Waals surface area contributed by atoms with E-state index in [-0.39, 0.29) is 27.9 Å². The molecule has 4 nitrogen and oxygen atoms in total. The van der Waals surface area contributed by atoms with Crippen molar-refractivity contribution in [3.63, 3.8) is 0 Å². The summed E-state index contributed by atoms with van der Waals surface area (Å²) in [4.78, 5) is 27.3. The van der Waals surface area contributed by atoms with Gasteiger partial charge in [-0.05, 0) is 30.3 Å². The number of aliphatic hydroxyl groups excluding tert-OH is 1. The number of imide groups is 1. The van der Waals surface area contributed by atoms with Crippen molar-refractivity contribution in [3.05, 3.63) is 68.0 Å². The van der Waals surface area contributed by atoms with Crippen LogP contribution in [0.15, 0.2) is 47.4 Å². The van der Waals surface area contributed by atoms with Gasteiger partial charge in [0.25, 0.3) is 11.8 Å². The molecule has 0 fully saturated rings. The second-order valence-corrected chi connectivity index (χ2v) is 7.71. The van der Waals surface area contributed by atoms with Crippen molar-refractivity contribution in [1.29, 1.82) is 0 Å². The van der Waals surface area contributed by atoms with Crippen LogP contribution >= 0.6 is 46.6 Å². The molecule has 0 atom stereocenters. The van der Waals surface area contributed by atoms with Crippen LogP contribution in [0.25, 0.3) is 5.57 Å². The summed E-state index contributed by atoms with van der Waals surface area (Å²) in [6, 6.07) is 11.2. The molecule has 0 bridgehead atoms. The van der Waals surface area contributed by atoms with Gasteiger partial charge in [0.05, 0.1) is 27.8 Å². The fraction of sp³-hybridized carbons (Fsp3) is 0.111. The summed E-state index contributed by atoms with van der Waals surface area (Å²) in [5, 5.41) is 10.2. The molecule has 8 heteroatoms. The number of carbonyl (C=O) groups excluding carboxylic acids is 2. The molecule has 26 heavy (non-hydrogen) atoms. The van der Waals surface area contributed by atoms with Gasteiger partial charge in [-0.3, -0.25) is 9.59 Å². The van der Waals surface area contributed by atoms with Crippen molar-refractivity contribution >= 4 is 69.6 Å². The summed E-state index contributed by atoms with van der Waals surface area (Å²) in [5.74, 6) is -0.703. The minimum Gasteiger partial charge on any atom is -0.396 e. The molecule has 3 rings (SSSR count). The molecule has 0 saturated heterocycles. The molecule has 1 aliphatic heterocycles. The first-order valence-corrected chi connectivity index (χ1v) is 9.63. The SMILES string of the molecule is O=C1C(SCCO)=C(c2ccc(Cl)cc2Cl)C(=O)N1c1cccc(Cl)c1. The van der Waals surface area contributed by atoms with Gasteiger partial charge in [-0.25, -0.2) is 4.90 Å². The van der Waals surface area contributed by atoms with Crippen LogP contribution in [-0.4, -0.2) is 29.3 Å². The zero-order valence-corrected chi connectivity index (χ0v) is 16.3. The molecular formula is C18H12Cl3NO3S. The molecule has 0 saturated carbocycles. The maximum atomic E-state index is 13.1. The number of rotatable bonds is 5. The second-order valence-electron chi connectivity index (χ2n) is 5.33.